The molecule has 2 aromatic rings. The van der Waals surface area contributed by atoms with Gasteiger partial charge in [-0.1, -0.05) is 48.5 Å². The van der Waals surface area contributed by atoms with Crippen LogP contribution in [0.5, 0.6) is 0 Å². The third kappa shape index (κ3) is 2.70. The summed E-state index contributed by atoms with van der Waals surface area (Å²) in [5.74, 6) is -5.93. The first-order valence-electron chi connectivity index (χ1n) is 7.11. The van der Waals surface area contributed by atoms with Crippen LogP contribution in [0.1, 0.15) is 5.56 Å². The highest BCUT2D eigenvalue weighted by Gasteiger charge is 2.56. The van der Waals surface area contributed by atoms with Crippen LogP contribution < -0.4 is 5.32 Å². The first-order chi connectivity index (χ1) is 10.9. The zero-order valence-corrected chi connectivity index (χ0v) is 12.0. The third-order valence-corrected chi connectivity index (χ3v) is 3.98. The van der Waals surface area contributed by atoms with Gasteiger partial charge in [0.1, 0.15) is 11.9 Å². The summed E-state index contributed by atoms with van der Waals surface area (Å²) in [5, 5.41) is 11.6. The molecule has 1 saturated heterocycles. The number of hydrogen-bond acceptors (Lipinski definition) is 2. The van der Waals surface area contributed by atoms with E-state index in [1.54, 1.807) is 42.5 Å². The van der Waals surface area contributed by atoms with E-state index in [0.717, 1.165) is 0 Å². The molecule has 0 saturated carbocycles. The molecule has 23 heavy (non-hydrogen) atoms. The first kappa shape index (κ1) is 15.6. The molecule has 2 atom stereocenters. The van der Waals surface area contributed by atoms with Gasteiger partial charge in [-0.25, -0.2) is 4.39 Å². The average Bonchev–Trinajstić information content (AvgIpc) is 2.73. The summed E-state index contributed by atoms with van der Waals surface area (Å²) < 4.78 is 41.4. The van der Waals surface area contributed by atoms with Crippen molar-refractivity contribution in [2.75, 3.05) is 0 Å². The molecule has 0 aromatic heterocycles. The summed E-state index contributed by atoms with van der Waals surface area (Å²) >= 11 is 0. The lowest BCUT2D eigenvalue weighted by molar-refractivity contribution is -0.150. The van der Waals surface area contributed by atoms with E-state index in [9.17, 15) is 23.1 Å². The molecule has 2 N–H and O–H groups in total. The molecule has 1 aliphatic heterocycles. The summed E-state index contributed by atoms with van der Waals surface area (Å²) in [5.41, 5.74) is 1.16. The van der Waals surface area contributed by atoms with Crippen LogP contribution in [0, 0.1) is 5.82 Å². The Kier molecular flexibility index (Phi) is 3.85. The highest BCUT2D eigenvalue weighted by molar-refractivity contribution is 5.87. The number of hydrogen-bond donors (Lipinski definition) is 2. The van der Waals surface area contributed by atoms with E-state index >= 15 is 0 Å². The lowest BCUT2D eigenvalue weighted by Gasteiger charge is -2.17. The smallest absolute Gasteiger partial charge is 0.351 e. The van der Waals surface area contributed by atoms with E-state index < -0.39 is 29.8 Å². The van der Waals surface area contributed by atoms with Crippen LogP contribution >= 0.6 is 0 Å². The lowest BCUT2D eigenvalue weighted by Crippen LogP contribution is -2.38. The Bertz CT molecular complexity index is 734. The monoisotopic (exact) mass is 321 g/mol. The molecule has 1 amide bonds. The van der Waals surface area contributed by atoms with Gasteiger partial charge >= 0.3 is 5.92 Å². The van der Waals surface area contributed by atoms with Crippen molar-refractivity contribution in [3.8, 4) is 11.1 Å². The van der Waals surface area contributed by atoms with Gasteiger partial charge in [0.25, 0.3) is 5.91 Å². The SMILES string of the molecule is O=C1NC(Cc2cccc(-c3ccccc3)c2F)C(O)C1(F)F. The molecule has 3 nitrogen and oxygen atoms in total. The van der Waals surface area contributed by atoms with E-state index in [0.29, 0.717) is 11.1 Å². The number of carbonyl (C=O) groups is 1. The van der Waals surface area contributed by atoms with Crippen molar-refractivity contribution in [2.45, 2.75) is 24.5 Å². The minimum atomic E-state index is -3.85. The molecule has 1 aliphatic rings. The molecule has 0 bridgehead atoms. The van der Waals surface area contributed by atoms with Gasteiger partial charge in [-0.15, -0.1) is 0 Å². The first-order valence-corrected chi connectivity index (χ1v) is 7.11. The van der Waals surface area contributed by atoms with Crippen LogP contribution in [0.15, 0.2) is 48.5 Å². The quantitative estimate of drug-likeness (QED) is 0.913. The highest BCUT2D eigenvalue weighted by Crippen LogP contribution is 2.31. The zero-order chi connectivity index (χ0) is 16.6. The number of carbonyl (C=O) groups excluding carboxylic acids is 1. The second kappa shape index (κ2) is 5.70. The third-order valence-electron chi connectivity index (χ3n) is 3.98. The maximum atomic E-state index is 14.6. The van der Waals surface area contributed by atoms with Crippen molar-refractivity contribution < 1.29 is 23.1 Å². The van der Waals surface area contributed by atoms with Crippen molar-refractivity contribution in [2.24, 2.45) is 0 Å². The van der Waals surface area contributed by atoms with E-state index in [1.165, 1.54) is 6.07 Å². The molecule has 1 heterocycles. The number of halogens is 3. The molecule has 120 valence electrons. The predicted molar refractivity (Wildman–Crippen MR) is 78.4 cm³/mol. The number of rotatable bonds is 3. The van der Waals surface area contributed by atoms with Gasteiger partial charge in [-0.3, -0.25) is 4.79 Å². The second-order valence-electron chi connectivity index (χ2n) is 5.50. The van der Waals surface area contributed by atoms with Crippen molar-refractivity contribution in [3.63, 3.8) is 0 Å². The molecule has 0 spiro atoms. The summed E-state index contributed by atoms with van der Waals surface area (Å²) in [7, 11) is 0. The molecule has 2 aromatic carbocycles. The maximum Gasteiger partial charge on any atom is 0.351 e. The van der Waals surface area contributed by atoms with Gasteiger partial charge in [0.2, 0.25) is 0 Å². The Morgan fingerprint density at radius 1 is 1.09 bits per heavy atom. The van der Waals surface area contributed by atoms with Crippen molar-refractivity contribution in [1.82, 2.24) is 5.32 Å². The summed E-state index contributed by atoms with van der Waals surface area (Å²) in [4.78, 5) is 11.2. The van der Waals surface area contributed by atoms with E-state index in [2.05, 4.69) is 0 Å². The topological polar surface area (TPSA) is 49.3 Å². The summed E-state index contributed by atoms with van der Waals surface area (Å²) in [6.45, 7) is 0. The normalized spacial score (nSPS) is 22.9. The van der Waals surface area contributed by atoms with Gasteiger partial charge in [0, 0.05) is 5.56 Å². The molecular formula is C17H14F3NO2. The Labute approximate surface area is 130 Å². The molecule has 6 heteroatoms. The molecule has 1 fully saturated rings. The Hall–Kier alpha value is -2.34. The largest absolute Gasteiger partial charge is 0.384 e. The van der Waals surface area contributed by atoms with Gasteiger partial charge in [-0.05, 0) is 17.5 Å². The van der Waals surface area contributed by atoms with Crippen LogP contribution in [0.4, 0.5) is 13.2 Å². The van der Waals surface area contributed by atoms with Gasteiger partial charge in [0.05, 0.1) is 6.04 Å². The van der Waals surface area contributed by atoms with Crippen LogP contribution in [0.25, 0.3) is 11.1 Å². The predicted octanol–water partition coefficient (Wildman–Crippen LogP) is 2.53. The second-order valence-corrected chi connectivity index (χ2v) is 5.50. The number of benzene rings is 2. The van der Waals surface area contributed by atoms with Crippen LogP contribution in [-0.2, 0) is 11.2 Å². The van der Waals surface area contributed by atoms with Crippen LogP contribution in [-0.4, -0.2) is 29.1 Å². The molecule has 3 rings (SSSR count). The van der Waals surface area contributed by atoms with Crippen LogP contribution in [0.3, 0.4) is 0 Å². The summed E-state index contributed by atoms with van der Waals surface area (Å²) in [6.07, 6.45) is -2.38. The maximum absolute atomic E-state index is 14.6. The van der Waals surface area contributed by atoms with Gasteiger partial charge in [0.15, 0.2) is 0 Å². The Morgan fingerprint density at radius 3 is 2.39 bits per heavy atom. The lowest BCUT2D eigenvalue weighted by atomic mass is 9.96. The fourth-order valence-electron chi connectivity index (χ4n) is 2.71. The minimum Gasteiger partial charge on any atom is -0.384 e. The number of aliphatic hydroxyl groups excluding tert-OH is 1. The number of nitrogens with one attached hydrogen (secondary N) is 1. The van der Waals surface area contributed by atoms with E-state index in [1.807, 2.05) is 5.32 Å². The highest BCUT2D eigenvalue weighted by atomic mass is 19.3. The average molecular weight is 321 g/mol. The van der Waals surface area contributed by atoms with Crippen LogP contribution in [0.2, 0.25) is 0 Å². The zero-order valence-electron chi connectivity index (χ0n) is 12.0. The molecule has 2 unspecified atom stereocenters. The number of aliphatic hydroxyl groups is 1. The number of amides is 1. The van der Waals surface area contributed by atoms with E-state index in [-0.39, 0.29) is 12.0 Å². The van der Waals surface area contributed by atoms with Gasteiger partial charge < -0.3 is 10.4 Å². The van der Waals surface area contributed by atoms with Crippen molar-refractivity contribution in [3.05, 3.63) is 59.9 Å². The minimum absolute atomic E-state index is 0.161. The van der Waals surface area contributed by atoms with Crippen molar-refractivity contribution >= 4 is 5.91 Å². The Morgan fingerprint density at radius 2 is 1.78 bits per heavy atom. The fourth-order valence-corrected chi connectivity index (χ4v) is 2.71. The van der Waals surface area contributed by atoms with Crippen molar-refractivity contribution in [1.29, 1.82) is 0 Å². The molecule has 0 radical (unpaired) electrons. The summed E-state index contributed by atoms with van der Waals surface area (Å²) in [6, 6.07) is 12.2. The molecular weight excluding hydrogens is 307 g/mol. The standard InChI is InChI=1S/C17H14F3NO2/c18-14-11(9-13-15(22)17(19,20)16(23)21-13)7-4-8-12(14)10-5-2-1-3-6-10/h1-8,13,15,22H,9H2,(H,21,23). The van der Waals surface area contributed by atoms with Gasteiger partial charge in [-0.2, -0.15) is 8.78 Å². The number of alkyl halides is 2. The van der Waals surface area contributed by atoms with E-state index in [4.69, 9.17) is 0 Å². The Balaban J connectivity index is 1.89. The molecule has 0 aliphatic carbocycles. The fraction of sp³-hybridized carbons (Fsp3) is 0.235.